The van der Waals surface area contributed by atoms with E-state index in [4.69, 9.17) is 0 Å². The first kappa shape index (κ1) is 56.6. The summed E-state index contributed by atoms with van der Waals surface area (Å²) in [5, 5.41) is 2.71. The molecule has 0 saturated heterocycles. The van der Waals surface area contributed by atoms with E-state index in [9.17, 15) is 4.79 Å². The Morgan fingerprint density at radius 3 is 1.04 bits per heavy atom. The Morgan fingerprint density at radius 1 is 0.388 bits per heavy atom. The van der Waals surface area contributed by atoms with E-state index >= 15 is 0 Å². The highest BCUT2D eigenvalue weighted by Crippen LogP contribution is 2.40. The van der Waals surface area contributed by atoms with Crippen LogP contribution in [0.4, 0.5) is 0 Å². The van der Waals surface area contributed by atoms with Crippen LogP contribution in [-0.2, 0) is 0 Å². The lowest BCUT2D eigenvalue weighted by atomic mass is 9.96. The van der Waals surface area contributed by atoms with Crippen LogP contribution in [-0.4, -0.2) is 9.55 Å². The molecule has 0 unspecified atom stereocenters. The summed E-state index contributed by atoms with van der Waals surface area (Å²) in [6.07, 6.45) is 11.2. The molecule has 3 heteroatoms. The van der Waals surface area contributed by atoms with Crippen molar-refractivity contribution >= 4 is 10.8 Å². The lowest BCUT2D eigenvalue weighted by molar-refractivity contribution is 0.575. The summed E-state index contributed by atoms with van der Waals surface area (Å²) in [6.45, 7) is 43.9. The Labute approximate surface area is 410 Å². The normalized spacial score (nSPS) is 13.3. The maximum Gasteiger partial charge on any atom is 0.251 e. The molecule has 0 radical (unpaired) electrons. The van der Waals surface area contributed by atoms with Crippen LogP contribution in [0.25, 0.3) is 10.8 Å². The molecule has 3 nitrogen and oxygen atoms in total. The molecule has 0 saturated carbocycles. The fourth-order valence-corrected chi connectivity index (χ4v) is 7.90. The van der Waals surface area contributed by atoms with Gasteiger partial charge in [-0.15, -0.1) is 0 Å². The van der Waals surface area contributed by atoms with Crippen LogP contribution < -0.4 is 5.56 Å². The number of benzene rings is 3. The number of nitrogens with zero attached hydrogens (tertiary/aromatic N) is 2. The van der Waals surface area contributed by atoms with Crippen molar-refractivity contribution in [2.45, 2.75) is 199 Å². The number of hydrogen-bond donors (Lipinski definition) is 0. The quantitative estimate of drug-likeness (QED) is 0.140. The number of fused-ring (bicyclic) bond motifs is 1. The van der Waals surface area contributed by atoms with E-state index in [0.29, 0.717) is 41.4 Å². The summed E-state index contributed by atoms with van der Waals surface area (Å²) in [7, 11) is 0. The van der Waals surface area contributed by atoms with Crippen LogP contribution in [0.3, 0.4) is 0 Å². The molecule has 2 aromatic heterocycles. The summed E-state index contributed by atoms with van der Waals surface area (Å²) < 4.78 is 1.74. The van der Waals surface area contributed by atoms with Gasteiger partial charge in [-0.05, 0) is 147 Å². The average Bonchev–Trinajstić information content (AvgIpc) is 3.88. The van der Waals surface area contributed by atoms with Gasteiger partial charge in [0.15, 0.2) is 0 Å². The zero-order valence-electron chi connectivity index (χ0n) is 45.9. The zero-order valence-corrected chi connectivity index (χ0v) is 45.9. The highest BCUT2D eigenvalue weighted by Gasteiger charge is 2.23. The summed E-state index contributed by atoms with van der Waals surface area (Å²) in [4.78, 5) is 15.9. The van der Waals surface area contributed by atoms with Gasteiger partial charge >= 0.3 is 0 Å². The molecule has 0 spiro atoms. The SMILES string of the molecule is CC(C)C1=CC2=C(C=C(C(C)C)C2)C1.CC(C)c1ccc(C(C)C)cc1.CC(C)c1ccc(C(C)C)nc1.CC(C)c1ccc2cc(C(C)C)ccc2c1.CC(C)c1ccn(C(C)C)c(=O)c1. The molecule has 0 fully saturated rings. The minimum atomic E-state index is 0.0983. The van der Waals surface area contributed by atoms with Crippen molar-refractivity contribution < 1.29 is 0 Å². The molecule has 0 aliphatic heterocycles. The van der Waals surface area contributed by atoms with Gasteiger partial charge in [0.2, 0.25) is 0 Å². The molecular formula is C64H92N2O. The molecule has 0 N–H and O–H groups in total. The van der Waals surface area contributed by atoms with E-state index in [0.717, 1.165) is 17.4 Å². The Balaban J connectivity index is 0.000000223. The van der Waals surface area contributed by atoms with Crippen molar-refractivity contribution in [3.05, 3.63) is 181 Å². The predicted molar refractivity (Wildman–Crippen MR) is 296 cm³/mol. The minimum Gasteiger partial charge on any atom is -0.313 e. The highest BCUT2D eigenvalue weighted by atomic mass is 16.1. The first-order valence-corrected chi connectivity index (χ1v) is 25.8. The zero-order chi connectivity index (χ0) is 50.3. The van der Waals surface area contributed by atoms with Gasteiger partial charge in [0.05, 0.1) is 0 Å². The molecule has 0 atom stereocenters. The summed E-state index contributed by atoms with van der Waals surface area (Å²) in [5.41, 5.74) is 15.8. The van der Waals surface area contributed by atoms with Gasteiger partial charge < -0.3 is 4.57 Å². The molecule has 2 heterocycles. The summed E-state index contributed by atoms with van der Waals surface area (Å²) >= 11 is 0. The second kappa shape index (κ2) is 26.7. The van der Waals surface area contributed by atoms with Crippen LogP contribution >= 0.6 is 0 Å². The monoisotopic (exact) mass is 905 g/mol. The smallest absolute Gasteiger partial charge is 0.251 e. The van der Waals surface area contributed by atoms with E-state index in [-0.39, 0.29) is 11.6 Å². The summed E-state index contributed by atoms with van der Waals surface area (Å²) in [6, 6.07) is 30.8. The van der Waals surface area contributed by atoms with Gasteiger partial charge in [0.25, 0.3) is 5.56 Å². The molecule has 7 rings (SSSR count). The van der Waals surface area contributed by atoms with Crippen LogP contribution in [0.15, 0.2) is 137 Å². The van der Waals surface area contributed by atoms with Crippen molar-refractivity contribution in [3.8, 4) is 0 Å². The topological polar surface area (TPSA) is 34.9 Å². The van der Waals surface area contributed by atoms with Gasteiger partial charge in [0, 0.05) is 30.2 Å². The van der Waals surface area contributed by atoms with Crippen LogP contribution in [0.1, 0.15) is 238 Å². The first-order chi connectivity index (χ1) is 31.4. The first-order valence-electron chi connectivity index (χ1n) is 25.8. The van der Waals surface area contributed by atoms with Crippen molar-refractivity contribution in [1.82, 2.24) is 9.55 Å². The number of allylic oxidation sites excluding steroid dienone is 6. The van der Waals surface area contributed by atoms with E-state index in [1.165, 1.54) is 57.1 Å². The number of rotatable bonds is 10. The fourth-order valence-electron chi connectivity index (χ4n) is 7.90. The van der Waals surface area contributed by atoms with E-state index in [1.807, 2.05) is 32.3 Å². The molecule has 5 aromatic rings. The molecule has 2 aliphatic carbocycles. The van der Waals surface area contributed by atoms with Crippen LogP contribution in [0.2, 0.25) is 0 Å². The molecule has 67 heavy (non-hydrogen) atoms. The standard InChI is InChI=1S/C16H20.C14H20.C12H18.C11H17NO.C11H17N/c1-11(2)13-5-7-16-10-14(12(3)4)6-8-15(16)9-13;1-9(2)11-5-13-7-12(10(3)4)8-14(13)6-11;1-9(2)11-5-7-12(8-6-11)10(3)4;1-8(2)10-5-6-12(9(3)4)11(13)7-10;1-8(2)10-5-6-11(9(3)4)12-7-10/h5-12H,1-4H3;5,8-10H,6-7H2,1-4H3;5-10H,1-4H3;5-9H,1-4H3;5-9H,1-4H3. The summed E-state index contributed by atoms with van der Waals surface area (Å²) in [5.74, 6) is 5.48. The Hall–Kier alpha value is -4.76. The lowest BCUT2D eigenvalue weighted by Crippen LogP contribution is -2.20. The molecule has 0 bridgehead atoms. The lowest BCUT2D eigenvalue weighted by Gasteiger charge is -2.11. The Bertz CT molecular complexity index is 2230. The maximum atomic E-state index is 11.5. The Kier molecular flexibility index (Phi) is 22.5. The van der Waals surface area contributed by atoms with Crippen LogP contribution in [0, 0.1) is 11.8 Å². The average molecular weight is 905 g/mol. The Morgan fingerprint density at radius 2 is 0.746 bits per heavy atom. The predicted octanol–water partition coefficient (Wildman–Crippen LogP) is 19.2. The molecule has 3 aromatic carbocycles. The second-order valence-electron chi connectivity index (χ2n) is 22.1. The van der Waals surface area contributed by atoms with Gasteiger partial charge in [0.1, 0.15) is 0 Å². The molecule has 364 valence electrons. The van der Waals surface area contributed by atoms with E-state index < -0.39 is 0 Å². The highest BCUT2D eigenvalue weighted by molar-refractivity contribution is 5.84. The molecule has 0 amide bonds. The number of pyridine rings is 2. The number of hydrogen-bond acceptors (Lipinski definition) is 2. The minimum absolute atomic E-state index is 0.0983. The third kappa shape index (κ3) is 17.7. The third-order valence-corrected chi connectivity index (χ3v) is 13.2. The van der Waals surface area contributed by atoms with Gasteiger partial charge in [-0.1, -0.05) is 215 Å². The van der Waals surface area contributed by atoms with Crippen molar-refractivity contribution in [3.63, 3.8) is 0 Å². The fraction of sp³-hybridized carbons (Fsp3) is 0.500. The largest absolute Gasteiger partial charge is 0.313 e. The van der Waals surface area contributed by atoms with Gasteiger partial charge in [-0.2, -0.15) is 0 Å². The van der Waals surface area contributed by atoms with Gasteiger partial charge in [-0.3, -0.25) is 9.78 Å². The van der Waals surface area contributed by atoms with Crippen molar-refractivity contribution in [1.29, 1.82) is 0 Å². The van der Waals surface area contributed by atoms with E-state index in [2.05, 4.69) is 215 Å². The van der Waals surface area contributed by atoms with Crippen molar-refractivity contribution in [2.24, 2.45) is 11.8 Å². The van der Waals surface area contributed by atoms with Gasteiger partial charge in [-0.25, -0.2) is 0 Å². The second-order valence-corrected chi connectivity index (χ2v) is 22.1. The number of aromatic nitrogens is 2. The van der Waals surface area contributed by atoms with Crippen LogP contribution in [0.5, 0.6) is 0 Å². The molecule has 2 aliphatic rings. The molecular weight excluding hydrogens is 813 g/mol. The van der Waals surface area contributed by atoms with E-state index in [1.54, 1.807) is 32.9 Å². The van der Waals surface area contributed by atoms with Crippen molar-refractivity contribution in [2.75, 3.05) is 0 Å². The maximum absolute atomic E-state index is 11.5. The third-order valence-electron chi connectivity index (χ3n) is 13.2.